The Morgan fingerprint density at radius 3 is 2.56 bits per heavy atom. The van der Waals surface area contributed by atoms with Gasteiger partial charge in [-0.1, -0.05) is 11.6 Å². The van der Waals surface area contributed by atoms with E-state index >= 15 is 0 Å². The number of aromatic nitrogens is 2. The second-order valence-electron chi connectivity index (χ2n) is 3.26. The van der Waals surface area contributed by atoms with Gasteiger partial charge < -0.3 is 10.5 Å². The predicted octanol–water partition coefficient (Wildman–Crippen LogP) is 2.71. The van der Waals surface area contributed by atoms with Gasteiger partial charge in [0.1, 0.15) is 22.3 Å². The van der Waals surface area contributed by atoms with Crippen LogP contribution >= 0.6 is 11.6 Å². The van der Waals surface area contributed by atoms with Crippen LogP contribution in [0.1, 0.15) is 6.92 Å². The number of hydrogen-bond acceptors (Lipinski definition) is 3. The third-order valence-corrected chi connectivity index (χ3v) is 2.55. The lowest BCUT2D eigenvalue weighted by atomic mass is 10.1. The van der Waals surface area contributed by atoms with Crippen LogP contribution < -0.4 is 10.5 Å². The Balaban J connectivity index is 2.31. The molecule has 2 rings (SSSR count). The van der Waals surface area contributed by atoms with Crippen LogP contribution in [0.3, 0.4) is 0 Å². The van der Waals surface area contributed by atoms with E-state index in [-0.39, 0.29) is 0 Å². The highest BCUT2D eigenvalue weighted by Crippen LogP contribution is 2.30. The minimum atomic E-state index is 0.380. The highest BCUT2D eigenvalue weighted by Gasteiger charge is 2.10. The first-order valence-corrected chi connectivity index (χ1v) is 5.32. The fourth-order valence-electron chi connectivity index (χ4n) is 1.41. The van der Waals surface area contributed by atoms with Crippen LogP contribution in [-0.2, 0) is 0 Å². The van der Waals surface area contributed by atoms with E-state index < -0.39 is 0 Å². The number of nitrogens with two attached hydrogens (primary N) is 1. The third-order valence-electron chi connectivity index (χ3n) is 2.17. The summed E-state index contributed by atoms with van der Waals surface area (Å²) in [6, 6.07) is 7.54. The van der Waals surface area contributed by atoms with Crippen LogP contribution in [-0.4, -0.2) is 16.8 Å². The van der Waals surface area contributed by atoms with Crippen molar-refractivity contribution in [1.82, 2.24) is 10.2 Å². The van der Waals surface area contributed by atoms with Crippen molar-refractivity contribution in [2.45, 2.75) is 6.92 Å². The smallest absolute Gasteiger partial charge is 0.138 e. The molecule has 0 unspecified atom stereocenters. The van der Waals surface area contributed by atoms with Crippen LogP contribution in [0.15, 0.2) is 24.3 Å². The molecule has 84 valence electrons. The molecule has 2 aromatic rings. The summed E-state index contributed by atoms with van der Waals surface area (Å²) in [5.41, 5.74) is 7.14. The maximum absolute atomic E-state index is 5.99. The van der Waals surface area contributed by atoms with E-state index in [4.69, 9.17) is 22.1 Å². The van der Waals surface area contributed by atoms with Gasteiger partial charge in [-0.3, -0.25) is 5.10 Å². The average molecular weight is 238 g/mol. The minimum absolute atomic E-state index is 0.380. The molecule has 0 amide bonds. The molecule has 0 radical (unpaired) electrons. The Labute approximate surface area is 98.4 Å². The first-order chi connectivity index (χ1) is 7.72. The fraction of sp³-hybridized carbons (Fsp3) is 0.182. The Hall–Kier alpha value is -1.68. The van der Waals surface area contributed by atoms with Crippen molar-refractivity contribution in [2.24, 2.45) is 0 Å². The maximum Gasteiger partial charge on any atom is 0.138 e. The lowest BCUT2D eigenvalue weighted by Crippen LogP contribution is -1.90. The second kappa shape index (κ2) is 4.45. The zero-order valence-corrected chi connectivity index (χ0v) is 9.58. The zero-order valence-electron chi connectivity index (χ0n) is 8.83. The average Bonchev–Trinajstić information content (AvgIpc) is 2.62. The number of ether oxygens (including phenoxy) is 1. The number of aromatic amines is 1. The van der Waals surface area contributed by atoms with Crippen LogP contribution in [0.25, 0.3) is 11.3 Å². The SMILES string of the molecule is CCOc1ccc(-c2n[nH]c(N)c2Cl)cc1. The number of H-pyrrole nitrogens is 1. The first-order valence-electron chi connectivity index (χ1n) is 4.95. The van der Waals surface area contributed by atoms with Gasteiger partial charge in [-0.15, -0.1) is 0 Å². The molecule has 0 aliphatic heterocycles. The number of nitrogens with zero attached hydrogens (tertiary/aromatic N) is 1. The number of rotatable bonds is 3. The van der Waals surface area contributed by atoms with Gasteiger partial charge in [0.05, 0.1) is 6.61 Å². The number of halogens is 1. The quantitative estimate of drug-likeness (QED) is 0.863. The molecule has 0 saturated carbocycles. The highest BCUT2D eigenvalue weighted by atomic mass is 35.5. The monoisotopic (exact) mass is 237 g/mol. The predicted molar refractivity (Wildman–Crippen MR) is 64.6 cm³/mol. The van der Waals surface area contributed by atoms with Gasteiger partial charge in [-0.2, -0.15) is 5.10 Å². The molecule has 3 N–H and O–H groups in total. The Bertz CT molecular complexity index is 478. The molecule has 1 heterocycles. The van der Waals surface area contributed by atoms with Gasteiger partial charge >= 0.3 is 0 Å². The number of hydrogen-bond donors (Lipinski definition) is 2. The van der Waals surface area contributed by atoms with E-state index in [0.29, 0.717) is 23.1 Å². The molecule has 4 nitrogen and oxygen atoms in total. The molecule has 16 heavy (non-hydrogen) atoms. The summed E-state index contributed by atoms with van der Waals surface area (Å²) in [6.07, 6.45) is 0. The van der Waals surface area contributed by atoms with Gasteiger partial charge in [0, 0.05) is 5.56 Å². The maximum atomic E-state index is 5.99. The van der Waals surface area contributed by atoms with Crippen molar-refractivity contribution in [3.63, 3.8) is 0 Å². The van der Waals surface area contributed by atoms with Crippen LogP contribution in [0, 0.1) is 0 Å². The van der Waals surface area contributed by atoms with Crippen LogP contribution in [0.2, 0.25) is 5.02 Å². The largest absolute Gasteiger partial charge is 0.494 e. The Kier molecular flexibility index (Phi) is 3.01. The summed E-state index contributed by atoms with van der Waals surface area (Å²) < 4.78 is 5.35. The molecule has 1 aromatic heterocycles. The zero-order chi connectivity index (χ0) is 11.5. The van der Waals surface area contributed by atoms with Crippen molar-refractivity contribution >= 4 is 17.4 Å². The first kappa shape index (κ1) is 10.8. The molecule has 0 atom stereocenters. The molecule has 0 fully saturated rings. The lowest BCUT2D eigenvalue weighted by molar-refractivity contribution is 0.340. The van der Waals surface area contributed by atoms with Crippen LogP contribution in [0.4, 0.5) is 5.82 Å². The molecule has 0 bridgehead atoms. The summed E-state index contributed by atoms with van der Waals surface area (Å²) >= 11 is 5.99. The molecular formula is C11H12ClN3O. The fourth-order valence-corrected chi connectivity index (χ4v) is 1.60. The van der Waals surface area contributed by atoms with Gasteiger partial charge in [0.15, 0.2) is 0 Å². The standard InChI is InChI=1S/C11H12ClN3O/c1-2-16-8-5-3-7(4-6-8)10-9(12)11(13)15-14-10/h3-6H,2H2,1H3,(H3,13,14,15). The van der Waals surface area contributed by atoms with Crippen molar-refractivity contribution in [1.29, 1.82) is 0 Å². The molecular weight excluding hydrogens is 226 g/mol. The summed E-state index contributed by atoms with van der Waals surface area (Å²) in [6.45, 7) is 2.59. The van der Waals surface area contributed by atoms with Crippen LogP contribution in [0.5, 0.6) is 5.75 Å². The Morgan fingerprint density at radius 2 is 2.06 bits per heavy atom. The highest BCUT2D eigenvalue weighted by molar-refractivity contribution is 6.35. The van der Waals surface area contributed by atoms with Crippen molar-refractivity contribution in [2.75, 3.05) is 12.3 Å². The van der Waals surface area contributed by atoms with Gasteiger partial charge in [0.2, 0.25) is 0 Å². The van der Waals surface area contributed by atoms with Gasteiger partial charge in [0.25, 0.3) is 0 Å². The van der Waals surface area contributed by atoms with E-state index in [9.17, 15) is 0 Å². The molecule has 0 aliphatic carbocycles. The second-order valence-corrected chi connectivity index (χ2v) is 3.64. The molecule has 0 spiro atoms. The third kappa shape index (κ3) is 1.97. The molecule has 0 saturated heterocycles. The van der Waals surface area contributed by atoms with Crippen molar-refractivity contribution < 1.29 is 4.74 Å². The van der Waals surface area contributed by atoms with E-state index in [1.54, 1.807) is 0 Å². The van der Waals surface area contributed by atoms with Gasteiger partial charge in [-0.25, -0.2) is 0 Å². The topological polar surface area (TPSA) is 63.9 Å². The van der Waals surface area contributed by atoms with E-state index in [1.165, 1.54) is 0 Å². The molecule has 1 aromatic carbocycles. The molecule has 0 aliphatic rings. The molecule has 5 heteroatoms. The summed E-state index contributed by atoms with van der Waals surface area (Å²) in [5, 5.41) is 7.13. The normalized spacial score (nSPS) is 10.4. The summed E-state index contributed by atoms with van der Waals surface area (Å²) in [4.78, 5) is 0. The summed E-state index contributed by atoms with van der Waals surface area (Å²) in [7, 11) is 0. The van der Waals surface area contributed by atoms with Crippen molar-refractivity contribution in [3.05, 3.63) is 29.3 Å². The van der Waals surface area contributed by atoms with Gasteiger partial charge in [-0.05, 0) is 31.2 Å². The summed E-state index contributed by atoms with van der Waals surface area (Å²) in [5.74, 6) is 1.21. The number of nitrogens with one attached hydrogen (secondary N) is 1. The number of nitrogen functional groups attached to an aromatic ring is 1. The number of anilines is 1. The van der Waals surface area contributed by atoms with E-state index in [2.05, 4.69) is 10.2 Å². The minimum Gasteiger partial charge on any atom is -0.494 e. The number of benzene rings is 1. The van der Waals surface area contributed by atoms with E-state index in [1.807, 2.05) is 31.2 Å². The van der Waals surface area contributed by atoms with Crippen molar-refractivity contribution in [3.8, 4) is 17.0 Å². The van der Waals surface area contributed by atoms with E-state index in [0.717, 1.165) is 11.3 Å². The lowest BCUT2D eigenvalue weighted by Gasteiger charge is -2.03. The Morgan fingerprint density at radius 1 is 1.38 bits per heavy atom.